The van der Waals surface area contributed by atoms with Crippen molar-refractivity contribution in [3.63, 3.8) is 0 Å². The van der Waals surface area contributed by atoms with E-state index in [1.807, 2.05) is 37.1 Å². The molecule has 5 rings (SSSR count). The largest absolute Gasteiger partial charge is 0.368 e. The predicted octanol–water partition coefficient (Wildman–Crippen LogP) is 1.25. The zero-order chi connectivity index (χ0) is 21.1. The van der Waals surface area contributed by atoms with E-state index in [-0.39, 0.29) is 16.5 Å². The minimum atomic E-state index is -0.560. The van der Waals surface area contributed by atoms with Gasteiger partial charge in [-0.15, -0.1) is 10.0 Å². The van der Waals surface area contributed by atoms with Gasteiger partial charge < -0.3 is 16.4 Å². The summed E-state index contributed by atoms with van der Waals surface area (Å²) in [4.78, 5) is 33.0. The molecule has 0 aromatic heterocycles. The Hall–Kier alpha value is -3.37. The van der Waals surface area contributed by atoms with Gasteiger partial charge in [0.15, 0.2) is 6.20 Å². The number of aliphatic imine (C=N–C) groups is 2. The third-order valence-corrected chi connectivity index (χ3v) is 6.06. The van der Waals surface area contributed by atoms with Crippen molar-refractivity contribution in [3.8, 4) is 0 Å². The Labute approximate surface area is 173 Å². The average Bonchev–Trinajstić information content (AvgIpc) is 3.37. The fourth-order valence-electron chi connectivity index (χ4n) is 4.40. The second-order valence-electron chi connectivity index (χ2n) is 8.31. The number of nitrogens with zero attached hydrogens (tertiary/aromatic N) is 5. The van der Waals surface area contributed by atoms with Crippen LogP contribution in [0.1, 0.15) is 32.3 Å². The molecule has 0 radical (unpaired) electrons. The number of fused-ring (bicyclic) bond motifs is 2. The lowest BCUT2D eigenvalue weighted by atomic mass is 9.86. The number of carbonyl (C=O) groups is 2. The number of anilines is 2. The highest BCUT2D eigenvalue weighted by atomic mass is 16.2. The van der Waals surface area contributed by atoms with E-state index < -0.39 is 11.5 Å². The molecule has 4 heterocycles. The van der Waals surface area contributed by atoms with E-state index >= 15 is 0 Å². The van der Waals surface area contributed by atoms with Gasteiger partial charge in [-0.25, -0.2) is 0 Å². The van der Waals surface area contributed by atoms with E-state index in [2.05, 4.69) is 20.6 Å². The Balaban J connectivity index is 1.47. The minimum absolute atomic E-state index is 0.0254. The SMILES string of the molecule is CC1(C)C(=O)Nc2cc(NC3=N[N+]4(N5CCC[C@@H]5C(N)=O)C=CN=CC4=N3)ccc21. The molecule has 4 N–H and O–H groups in total. The third-order valence-electron chi connectivity index (χ3n) is 6.06. The van der Waals surface area contributed by atoms with Crippen LogP contribution in [0.5, 0.6) is 0 Å². The van der Waals surface area contributed by atoms with Crippen molar-refractivity contribution in [1.82, 2.24) is 5.01 Å². The number of quaternary nitrogens is 1. The highest BCUT2D eigenvalue weighted by molar-refractivity contribution is 6.30. The number of amides is 2. The number of hydrogen-bond acceptors (Lipinski definition) is 7. The summed E-state index contributed by atoms with van der Waals surface area (Å²) in [6.07, 6.45) is 6.62. The molecule has 10 heteroatoms. The summed E-state index contributed by atoms with van der Waals surface area (Å²) >= 11 is 0. The zero-order valence-electron chi connectivity index (χ0n) is 16.8. The third kappa shape index (κ3) is 2.61. The second-order valence-corrected chi connectivity index (χ2v) is 8.31. The number of hydrogen-bond donors (Lipinski definition) is 3. The first-order valence-electron chi connectivity index (χ1n) is 9.90. The monoisotopic (exact) mass is 407 g/mol. The minimum Gasteiger partial charge on any atom is -0.368 e. The fourth-order valence-corrected chi connectivity index (χ4v) is 4.40. The first-order chi connectivity index (χ1) is 14.3. The quantitative estimate of drug-likeness (QED) is 0.652. The van der Waals surface area contributed by atoms with Gasteiger partial charge in [-0.05, 0) is 54.2 Å². The van der Waals surface area contributed by atoms with E-state index in [0.717, 1.165) is 23.4 Å². The number of guanidine groups is 1. The van der Waals surface area contributed by atoms with Crippen LogP contribution in [0.4, 0.5) is 11.4 Å². The van der Waals surface area contributed by atoms with Crippen LogP contribution in [0.3, 0.4) is 0 Å². The molecule has 154 valence electrons. The van der Waals surface area contributed by atoms with Crippen LogP contribution < -0.4 is 16.4 Å². The van der Waals surface area contributed by atoms with Crippen LogP contribution in [-0.4, -0.2) is 52.1 Å². The Bertz CT molecular complexity index is 1090. The molecule has 2 atom stereocenters. The summed E-state index contributed by atoms with van der Waals surface area (Å²) in [7, 11) is 0. The number of rotatable bonds is 3. The maximum Gasteiger partial charge on any atom is 0.301 e. The Morgan fingerprint density at radius 1 is 1.40 bits per heavy atom. The summed E-state index contributed by atoms with van der Waals surface area (Å²) in [5.74, 6) is 0.580. The number of benzene rings is 1. The Kier molecular flexibility index (Phi) is 3.92. The van der Waals surface area contributed by atoms with Crippen molar-refractivity contribution >= 4 is 41.2 Å². The van der Waals surface area contributed by atoms with Crippen LogP contribution in [0.2, 0.25) is 0 Å². The first-order valence-corrected chi connectivity index (χ1v) is 9.90. The average molecular weight is 407 g/mol. The van der Waals surface area contributed by atoms with Crippen molar-refractivity contribution in [3.05, 3.63) is 36.2 Å². The number of nitrogens with one attached hydrogen (secondary N) is 2. The van der Waals surface area contributed by atoms with Crippen molar-refractivity contribution in [1.29, 1.82) is 0 Å². The van der Waals surface area contributed by atoms with Gasteiger partial charge in [-0.3, -0.25) is 14.6 Å². The first kappa shape index (κ1) is 18.6. The highest BCUT2D eigenvalue weighted by Crippen LogP contribution is 2.39. The normalized spacial score (nSPS) is 28.6. The molecule has 0 bridgehead atoms. The summed E-state index contributed by atoms with van der Waals surface area (Å²) in [6, 6.07) is 5.28. The van der Waals surface area contributed by atoms with Gasteiger partial charge in [0.05, 0.1) is 18.2 Å². The Morgan fingerprint density at radius 2 is 2.23 bits per heavy atom. The molecule has 2 amide bonds. The molecule has 1 fully saturated rings. The van der Waals surface area contributed by atoms with Crippen LogP contribution >= 0.6 is 0 Å². The van der Waals surface area contributed by atoms with Crippen molar-refractivity contribution in [2.45, 2.75) is 38.1 Å². The maximum atomic E-state index is 12.2. The van der Waals surface area contributed by atoms with Gasteiger partial charge >= 0.3 is 5.84 Å². The second kappa shape index (κ2) is 6.31. The molecular formula is C20H23N8O2+. The summed E-state index contributed by atoms with van der Waals surface area (Å²) in [5, 5.41) is 12.9. The van der Waals surface area contributed by atoms with Crippen LogP contribution in [0.15, 0.2) is 45.7 Å². The van der Waals surface area contributed by atoms with E-state index in [1.165, 1.54) is 0 Å². The summed E-state index contributed by atoms with van der Waals surface area (Å²) < 4.78 is -0.0614. The molecule has 30 heavy (non-hydrogen) atoms. The molecule has 1 unspecified atom stereocenters. The van der Waals surface area contributed by atoms with Crippen LogP contribution in [0, 0.1) is 0 Å². The molecule has 1 saturated heterocycles. The standard InChI is InChI=1S/C20H22N8O2/c1-20(2)13-6-5-12(10-14(13)24-18(20)30)23-19-25-16-11-22-7-9-28(16,26-19)27-8-3-4-15(27)17(21)29/h5-7,9-11,15H,3-4,8H2,1-2H3,(H3-,21,23,24,26,29,30)/p+1/t15-,28?/m1/s1. The predicted molar refractivity (Wildman–Crippen MR) is 113 cm³/mol. The van der Waals surface area contributed by atoms with E-state index in [0.29, 0.717) is 24.8 Å². The van der Waals surface area contributed by atoms with Gasteiger partial charge in [-0.2, -0.15) is 0 Å². The van der Waals surface area contributed by atoms with Crippen molar-refractivity contribution in [2.75, 3.05) is 17.2 Å². The van der Waals surface area contributed by atoms with Gasteiger partial charge in [0.25, 0.3) is 5.96 Å². The van der Waals surface area contributed by atoms with E-state index in [4.69, 9.17) is 10.8 Å². The van der Waals surface area contributed by atoms with Gasteiger partial charge in [0.1, 0.15) is 12.3 Å². The lowest BCUT2D eigenvalue weighted by Gasteiger charge is -2.34. The van der Waals surface area contributed by atoms with E-state index in [9.17, 15) is 9.59 Å². The molecule has 0 saturated carbocycles. The number of carbonyl (C=O) groups excluding carboxylic acids is 2. The van der Waals surface area contributed by atoms with Gasteiger partial charge in [0, 0.05) is 11.4 Å². The molecule has 1 aromatic rings. The zero-order valence-corrected chi connectivity index (χ0v) is 16.8. The van der Waals surface area contributed by atoms with Crippen molar-refractivity contribution < 1.29 is 14.3 Å². The number of amidine groups is 1. The molecule has 0 aliphatic carbocycles. The smallest absolute Gasteiger partial charge is 0.301 e. The molecule has 4 aliphatic rings. The molecular weight excluding hydrogens is 384 g/mol. The highest BCUT2D eigenvalue weighted by Gasteiger charge is 2.52. The van der Waals surface area contributed by atoms with Gasteiger partial charge in [-0.1, -0.05) is 6.07 Å². The summed E-state index contributed by atoms with van der Waals surface area (Å²) in [6.45, 7) is 4.47. The van der Waals surface area contributed by atoms with E-state index in [1.54, 1.807) is 18.6 Å². The molecule has 0 spiro atoms. The lowest BCUT2D eigenvalue weighted by Crippen LogP contribution is -2.60. The number of primary amides is 1. The molecule has 1 aromatic carbocycles. The number of nitrogens with two attached hydrogens (primary N) is 1. The van der Waals surface area contributed by atoms with Crippen molar-refractivity contribution in [2.24, 2.45) is 20.8 Å². The maximum absolute atomic E-state index is 12.2. The molecule has 4 aliphatic heterocycles. The summed E-state index contributed by atoms with van der Waals surface area (Å²) in [5.41, 5.74) is 7.55. The fraction of sp³-hybridized carbons (Fsp3) is 0.350. The topological polar surface area (TPSA) is 125 Å². The Morgan fingerprint density at radius 3 is 3.03 bits per heavy atom. The van der Waals surface area contributed by atoms with Crippen LogP contribution in [-0.2, 0) is 15.0 Å². The van der Waals surface area contributed by atoms with Crippen LogP contribution in [0.25, 0.3) is 0 Å². The molecule has 10 nitrogen and oxygen atoms in total. The van der Waals surface area contributed by atoms with Gasteiger partial charge in [0.2, 0.25) is 11.8 Å². The lowest BCUT2D eigenvalue weighted by molar-refractivity contribution is -0.918.